The first-order chi connectivity index (χ1) is 6.05. The lowest BCUT2D eigenvalue weighted by atomic mass is 10.2. The first kappa shape index (κ1) is 12.2. The molecule has 0 atom stereocenters. The summed E-state index contributed by atoms with van der Waals surface area (Å²) in [6.45, 7) is 7.04. The van der Waals surface area contributed by atoms with Crippen molar-refractivity contribution in [3.8, 4) is 0 Å². The zero-order valence-corrected chi connectivity index (χ0v) is 8.97. The number of hydrogen-bond donors (Lipinski definition) is 0. The summed E-state index contributed by atoms with van der Waals surface area (Å²) in [6.07, 6.45) is 6.92. The summed E-state index contributed by atoms with van der Waals surface area (Å²) in [5.74, 6) is 0.277. The fourth-order valence-corrected chi connectivity index (χ4v) is 1.78. The van der Waals surface area contributed by atoms with Crippen LogP contribution in [0, 0.1) is 0 Å². The smallest absolute Gasteiger partial charge is 0.154 e. The van der Waals surface area contributed by atoms with Gasteiger partial charge in [0.1, 0.15) is 0 Å². The highest BCUT2D eigenvalue weighted by Gasteiger charge is 2.08. The molecule has 0 rings (SSSR count). The fourth-order valence-electron chi connectivity index (χ4n) is 0.873. The van der Waals surface area contributed by atoms with Crippen molar-refractivity contribution in [2.75, 3.05) is 11.5 Å². The topological polar surface area (TPSA) is 34.1 Å². The van der Waals surface area contributed by atoms with Crippen LogP contribution in [-0.2, 0) is 9.84 Å². The lowest BCUT2D eigenvalue weighted by Crippen LogP contribution is -2.09. The molecule has 0 heterocycles. The van der Waals surface area contributed by atoms with Crippen molar-refractivity contribution >= 4 is 9.84 Å². The van der Waals surface area contributed by atoms with E-state index in [9.17, 15) is 8.42 Å². The second-order valence-corrected chi connectivity index (χ2v) is 5.01. The van der Waals surface area contributed by atoms with Gasteiger partial charge in [0.05, 0.1) is 5.75 Å². The Labute approximate surface area is 80.6 Å². The second-order valence-electron chi connectivity index (χ2n) is 2.65. The van der Waals surface area contributed by atoms with Crippen LogP contribution >= 0.6 is 0 Å². The monoisotopic (exact) mass is 200 g/mol. The highest BCUT2D eigenvalue weighted by Crippen LogP contribution is 2.03. The molecule has 0 radical (unpaired) electrons. The number of rotatable bonds is 5. The maximum atomic E-state index is 11.3. The minimum Gasteiger partial charge on any atom is -0.229 e. The summed E-state index contributed by atoms with van der Waals surface area (Å²) in [4.78, 5) is 0. The van der Waals surface area contributed by atoms with E-state index in [4.69, 9.17) is 0 Å². The zero-order valence-electron chi connectivity index (χ0n) is 8.16. The number of sulfone groups is 1. The van der Waals surface area contributed by atoms with Crippen molar-refractivity contribution in [3.63, 3.8) is 0 Å². The van der Waals surface area contributed by atoms with Gasteiger partial charge in [0.15, 0.2) is 9.84 Å². The van der Waals surface area contributed by atoms with Gasteiger partial charge in [-0.15, -0.1) is 0 Å². The van der Waals surface area contributed by atoms with Crippen LogP contribution in [0.3, 0.4) is 0 Å². The number of hydrogen-bond acceptors (Lipinski definition) is 2. The van der Waals surface area contributed by atoms with Crippen LogP contribution in [0.15, 0.2) is 36.5 Å². The van der Waals surface area contributed by atoms with E-state index in [-0.39, 0.29) is 11.5 Å². The normalized spacial score (nSPS) is 13.5. The van der Waals surface area contributed by atoms with E-state index in [1.165, 1.54) is 0 Å². The molecule has 0 spiro atoms. The van der Waals surface area contributed by atoms with E-state index in [0.717, 1.165) is 5.57 Å². The van der Waals surface area contributed by atoms with Gasteiger partial charge in [0.25, 0.3) is 0 Å². The summed E-state index contributed by atoms with van der Waals surface area (Å²) in [5, 5.41) is 0. The minimum atomic E-state index is -2.93. The molecular weight excluding hydrogens is 184 g/mol. The SMILES string of the molecule is C=C/C=C(\C=C/C)CS(=O)(=O)CC. The molecule has 0 aliphatic rings. The van der Waals surface area contributed by atoms with E-state index < -0.39 is 9.84 Å². The van der Waals surface area contributed by atoms with Gasteiger partial charge < -0.3 is 0 Å². The number of allylic oxidation sites excluding steroid dienone is 4. The Morgan fingerprint density at radius 3 is 2.46 bits per heavy atom. The maximum Gasteiger partial charge on any atom is 0.154 e. The molecule has 0 saturated heterocycles. The molecule has 0 N–H and O–H groups in total. The molecule has 0 fully saturated rings. The molecule has 0 aliphatic heterocycles. The van der Waals surface area contributed by atoms with Crippen molar-refractivity contribution in [2.45, 2.75) is 13.8 Å². The van der Waals surface area contributed by atoms with Gasteiger partial charge in [0.2, 0.25) is 0 Å². The quantitative estimate of drug-likeness (QED) is 0.637. The van der Waals surface area contributed by atoms with E-state index >= 15 is 0 Å². The van der Waals surface area contributed by atoms with Crippen molar-refractivity contribution in [2.24, 2.45) is 0 Å². The molecular formula is C10H16O2S. The Bertz CT molecular complexity index is 308. The molecule has 0 bridgehead atoms. The molecule has 0 aromatic heterocycles. The molecule has 0 unspecified atom stereocenters. The summed E-state index contributed by atoms with van der Waals surface area (Å²) in [6, 6.07) is 0. The van der Waals surface area contributed by atoms with Crippen molar-refractivity contribution in [1.82, 2.24) is 0 Å². The first-order valence-corrected chi connectivity index (χ1v) is 6.02. The summed E-state index contributed by atoms with van der Waals surface area (Å²) < 4.78 is 22.5. The third-order valence-electron chi connectivity index (χ3n) is 1.54. The Kier molecular flexibility index (Phi) is 5.39. The van der Waals surface area contributed by atoms with Crippen molar-refractivity contribution in [1.29, 1.82) is 0 Å². The Balaban J connectivity index is 4.63. The van der Waals surface area contributed by atoms with Crippen LogP contribution in [0.25, 0.3) is 0 Å². The van der Waals surface area contributed by atoms with Gasteiger partial charge >= 0.3 is 0 Å². The van der Waals surface area contributed by atoms with Gasteiger partial charge in [-0.2, -0.15) is 0 Å². The van der Waals surface area contributed by atoms with E-state index in [1.807, 2.05) is 13.0 Å². The third-order valence-corrected chi connectivity index (χ3v) is 3.19. The predicted octanol–water partition coefficient (Wildman–Crippen LogP) is 2.11. The summed E-state index contributed by atoms with van der Waals surface area (Å²) in [5.41, 5.74) is 0.777. The molecule has 0 saturated carbocycles. The molecule has 0 amide bonds. The van der Waals surface area contributed by atoms with Gasteiger partial charge in [-0.1, -0.05) is 37.8 Å². The van der Waals surface area contributed by atoms with E-state index in [2.05, 4.69) is 6.58 Å². The second kappa shape index (κ2) is 5.75. The average Bonchev–Trinajstić information content (AvgIpc) is 2.05. The fraction of sp³-hybridized carbons (Fsp3) is 0.400. The van der Waals surface area contributed by atoms with Crippen LogP contribution in [-0.4, -0.2) is 19.9 Å². The van der Waals surface area contributed by atoms with E-state index in [1.54, 1.807) is 25.2 Å². The standard InChI is InChI=1S/C10H16O2S/c1-4-7-10(8-5-2)9-13(11,12)6-3/h4-5,7-8H,1,6,9H2,2-3H3/b8-5-,10-7+. The minimum absolute atomic E-state index is 0.0971. The van der Waals surface area contributed by atoms with Crippen LogP contribution in [0.2, 0.25) is 0 Å². The van der Waals surface area contributed by atoms with Gasteiger partial charge in [-0.3, -0.25) is 0 Å². The molecule has 0 aromatic carbocycles. The molecule has 0 aromatic rings. The molecule has 13 heavy (non-hydrogen) atoms. The third kappa shape index (κ3) is 5.42. The van der Waals surface area contributed by atoms with Crippen LogP contribution in [0.1, 0.15) is 13.8 Å². The largest absolute Gasteiger partial charge is 0.229 e. The highest BCUT2D eigenvalue weighted by atomic mass is 32.2. The molecule has 2 nitrogen and oxygen atoms in total. The Morgan fingerprint density at radius 1 is 1.46 bits per heavy atom. The Morgan fingerprint density at radius 2 is 2.08 bits per heavy atom. The van der Waals surface area contributed by atoms with Crippen LogP contribution in [0.5, 0.6) is 0 Å². The van der Waals surface area contributed by atoms with Crippen molar-refractivity contribution < 1.29 is 8.42 Å². The van der Waals surface area contributed by atoms with Gasteiger partial charge in [-0.25, -0.2) is 8.42 Å². The predicted molar refractivity (Wildman–Crippen MR) is 57.4 cm³/mol. The Hall–Kier alpha value is -0.830. The van der Waals surface area contributed by atoms with Crippen LogP contribution < -0.4 is 0 Å². The average molecular weight is 200 g/mol. The lowest BCUT2D eigenvalue weighted by molar-refractivity contribution is 0.599. The zero-order chi connectivity index (χ0) is 10.3. The van der Waals surface area contributed by atoms with Crippen molar-refractivity contribution in [3.05, 3.63) is 36.5 Å². The van der Waals surface area contributed by atoms with Gasteiger partial charge in [-0.05, 0) is 12.5 Å². The van der Waals surface area contributed by atoms with E-state index in [0.29, 0.717) is 0 Å². The lowest BCUT2D eigenvalue weighted by Gasteiger charge is -2.00. The first-order valence-electron chi connectivity index (χ1n) is 4.20. The van der Waals surface area contributed by atoms with Crippen LogP contribution in [0.4, 0.5) is 0 Å². The molecule has 3 heteroatoms. The maximum absolute atomic E-state index is 11.3. The summed E-state index contributed by atoms with van der Waals surface area (Å²) >= 11 is 0. The highest BCUT2D eigenvalue weighted by molar-refractivity contribution is 7.91. The molecule has 0 aliphatic carbocycles. The molecule has 74 valence electrons. The van der Waals surface area contributed by atoms with Gasteiger partial charge in [0, 0.05) is 5.75 Å². The summed E-state index contributed by atoms with van der Waals surface area (Å²) in [7, 11) is -2.93.